The summed E-state index contributed by atoms with van der Waals surface area (Å²) in [6.45, 7) is 1.73. The van der Waals surface area contributed by atoms with Crippen molar-refractivity contribution in [1.29, 1.82) is 0 Å². The number of ether oxygens (including phenoxy) is 1. The fourth-order valence-electron chi connectivity index (χ4n) is 1.31. The molecular weight excluding hydrogens is 250 g/mol. The maximum atomic E-state index is 5.63. The predicted octanol–water partition coefficient (Wildman–Crippen LogP) is 2.84. The van der Waals surface area contributed by atoms with Crippen LogP contribution in [0.5, 0.6) is 0 Å². The van der Waals surface area contributed by atoms with Crippen molar-refractivity contribution in [2.75, 3.05) is 6.54 Å². The minimum Gasteiger partial charge on any atom is -0.370 e. The molecule has 2 N–H and O–H groups in total. The summed E-state index contributed by atoms with van der Waals surface area (Å²) in [5.41, 5.74) is 5.33. The smallest absolute Gasteiger partial charge is 0.0814 e. The molecule has 0 spiro atoms. The van der Waals surface area contributed by atoms with Crippen molar-refractivity contribution in [3.05, 3.63) is 44.3 Å². The van der Waals surface area contributed by atoms with Gasteiger partial charge in [0, 0.05) is 9.75 Å². The summed E-state index contributed by atoms with van der Waals surface area (Å²) in [6.07, 6.45) is 0. The van der Waals surface area contributed by atoms with Crippen molar-refractivity contribution in [3.63, 3.8) is 0 Å². The normalized spacial score (nSPS) is 9.94. The summed E-state index contributed by atoms with van der Waals surface area (Å²) < 4.78 is 5.63. The van der Waals surface area contributed by atoms with E-state index < -0.39 is 0 Å². The van der Waals surface area contributed by atoms with Crippen molar-refractivity contribution in [2.45, 2.75) is 13.2 Å². The minimum absolute atomic E-state index is 0.405. The van der Waals surface area contributed by atoms with E-state index in [2.05, 4.69) is 29.4 Å². The van der Waals surface area contributed by atoms with Crippen LogP contribution >= 0.6 is 22.7 Å². The first-order valence-corrected chi connectivity index (χ1v) is 6.96. The third-order valence-electron chi connectivity index (χ3n) is 2.04. The van der Waals surface area contributed by atoms with Gasteiger partial charge in [-0.15, -0.1) is 22.7 Å². The lowest BCUT2D eigenvalue weighted by Gasteiger charge is -1.99. The largest absolute Gasteiger partial charge is 0.370 e. The van der Waals surface area contributed by atoms with Crippen molar-refractivity contribution in [2.24, 2.45) is 5.73 Å². The standard InChI is InChI=1S/C13H13NOS2/c14-7-1-3-11-5-6-13(17-11)10-15-9-12-4-2-8-16-12/h2,4-6,8H,7,9-10,14H2. The highest BCUT2D eigenvalue weighted by molar-refractivity contribution is 7.12. The van der Waals surface area contributed by atoms with E-state index in [0.717, 1.165) is 4.88 Å². The molecule has 17 heavy (non-hydrogen) atoms. The highest BCUT2D eigenvalue weighted by atomic mass is 32.1. The lowest BCUT2D eigenvalue weighted by Crippen LogP contribution is -1.92. The average molecular weight is 263 g/mol. The van der Waals surface area contributed by atoms with Gasteiger partial charge in [0.25, 0.3) is 0 Å². The molecule has 0 atom stereocenters. The molecule has 4 heteroatoms. The Morgan fingerprint density at radius 2 is 2.06 bits per heavy atom. The van der Waals surface area contributed by atoms with Crippen LogP contribution in [0.2, 0.25) is 0 Å². The molecular formula is C13H13NOS2. The monoisotopic (exact) mass is 263 g/mol. The minimum atomic E-state index is 0.405. The highest BCUT2D eigenvalue weighted by Crippen LogP contribution is 2.17. The molecule has 0 aliphatic heterocycles. The van der Waals surface area contributed by atoms with Crippen LogP contribution in [0.1, 0.15) is 14.6 Å². The van der Waals surface area contributed by atoms with Crippen LogP contribution in [0.3, 0.4) is 0 Å². The molecule has 0 saturated heterocycles. The van der Waals surface area contributed by atoms with Crippen LogP contribution < -0.4 is 5.73 Å². The van der Waals surface area contributed by atoms with Gasteiger partial charge in [0.15, 0.2) is 0 Å². The molecule has 0 saturated carbocycles. The molecule has 0 bridgehead atoms. The van der Waals surface area contributed by atoms with Gasteiger partial charge in [0.2, 0.25) is 0 Å². The van der Waals surface area contributed by atoms with E-state index in [-0.39, 0.29) is 0 Å². The van der Waals surface area contributed by atoms with Crippen LogP contribution in [-0.2, 0) is 18.0 Å². The van der Waals surface area contributed by atoms with Crippen LogP contribution in [0.15, 0.2) is 29.6 Å². The molecule has 0 fully saturated rings. The van der Waals surface area contributed by atoms with Gasteiger partial charge >= 0.3 is 0 Å². The van der Waals surface area contributed by atoms with Gasteiger partial charge in [0.1, 0.15) is 0 Å². The van der Waals surface area contributed by atoms with Crippen LogP contribution in [0.4, 0.5) is 0 Å². The third kappa shape index (κ3) is 3.99. The molecule has 88 valence electrons. The van der Waals surface area contributed by atoms with Gasteiger partial charge in [0.05, 0.1) is 24.6 Å². The Labute approximate surface area is 109 Å². The molecule has 0 aromatic carbocycles. The molecule has 0 aliphatic rings. The maximum absolute atomic E-state index is 5.63. The molecule has 0 unspecified atom stereocenters. The number of thiophene rings is 2. The van der Waals surface area contributed by atoms with Crippen LogP contribution in [-0.4, -0.2) is 6.54 Å². The second kappa shape index (κ2) is 6.58. The highest BCUT2D eigenvalue weighted by Gasteiger charge is 1.99. The van der Waals surface area contributed by atoms with E-state index >= 15 is 0 Å². The van der Waals surface area contributed by atoms with Crippen molar-refractivity contribution in [3.8, 4) is 11.8 Å². The van der Waals surface area contributed by atoms with Crippen LogP contribution in [0.25, 0.3) is 0 Å². The first kappa shape index (κ1) is 12.3. The molecule has 2 heterocycles. The van der Waals surface area contributed by atoms with E-state index in [1.165, 1.54) is 9.75 Å². The molecule has 0 aliphatic carbocycles. The number of rotatable bonds is 4. The second-order valence-corrected chi connectivity index (χ2v) is 5.54. The summed E-state index contributed by atoms with van der Waals surface area (Å²) in [4.78, 5) is 3.50. The Morgan fingerprint density at radius 1 is 1.18 bits per heavy atom. The van der Waals surface area contributed by atoms with Gasteiger partial charge in [-0.1, -0.05) is 17.9 Å². The third-order valence-corrected chi connectivity index (χ3v) is 3.87. The Bertz CT molecular complexity index is 505. The van der Waals surface area contributed by atoms with E-state index in [1.807, 2.05) is 12.1 Å². The van der Waals surface area contributed by atoms with Gasteiger partial charge in [-0.25, -0.2) is 0 Å². The van der Waals surface area contributed by atoms with Gasteiger partial charge in [-0.05, 0) is 23.6 Å². The fourth-order valence-corrected chi connectivity index (χ4v) is 2.77. The zero-order chi connectivity index (χ0) is 11.9. The maximum Gasteiger partial charge on any atom is 0.0814 e. The zero-order valence-electron chi connectivity index (χ0n) is 9.31. The summed E-state index contributed by atoms with van der Waals surface area (Å²) >= 11 is 3.38. The fraction of sp³-hybridized carbons (Fsp3) is 0.231. The van der Waals surface area contributed by atoms with E-state index in [4.69, 9.17) is 10.5 Å². The second-order valence-electron chi connectivity index (χ2n) is 3.34. The number of hydrogen-bond donors (Lipinski definition) is 1. The van der Waals surface area contributed by atoms with Gasteiger partial charge < -0.3 is 10.5 Å². The Kier molecular flexibility index (Phi) is 4.77. The first-order valence-electron chi connectivity index (χ1n) is 5.26. The molecule has 2 aromatic heterocycles. The molecule has 2 rings (SSSR count). The average Bonchev–Trinajstić information content (AvgIpc) is 2.98. The first-order chi connectivity index (χ1) is 8.38. The Hall–Kier alpha value is -1.12. The lowest BCUT2D eigenvalue weighted by molar-refractivity contribution is 0.111. The summed E-state index contributed by atoms with van der Waals surface area (Å²) in [7, 11) is 0. The quantitative estimate of drug-likeness (QED) is 0.861. The van der Waals surface area contributed by atoms with E-state index in [9.17, 15) is 0 Å². The predicted molar refractivity (Wildman–Crippen MR) is 73.1 cm³/mol. The topological polar surface area (TPSA) is 35.2 Å². The SMILES string of the molecule is NCC#Cc1ccc(COCc2cccs2)s1. The zero-order valence-corrected chi connectivity index (χ0v) is 10.9. The van der Waals surface area contributed by atoms with Crippen molar-refractivity contribution in [1.82, 2.24) is 0 Å². The van der Waals surface area contributed by atoms with Crippen molar-refractivity contribution >= 4 is 22.7 Å². The van der Waals surface area contributed by atoms with E-state index in [1.54, 1.807) is 22.7 Å². The van der Waals surface area contributed by atoms with Crippen LogP contribution in [0, 0.1) is 11.8 Å². The number of hydrogen-bond acceptors (Lipinski definition) is 4. The summed E-state index contributed by atoms with van der Waals surface area (Å²) in [5, 5.41) is 2.06. The molecule has 0 radical (unpaired) electrons. The van der Waals surface area contributed by atoms with Gasteiger partial charge in [-0.3, -0.25) is 0 Å². The lowest BCUT2D eigenvalue weighted by atomic mass is 10.4. The summed E-state index contributed by atoms with van der Waals surface area (Å²) in [6, 6.07) is 8.18. The van der Waals surface area contributed by atoms with E-state index in [0.29, 0.717) is 19.8 Å². The molecule has 0 amide bonds. The Balaban J connectivity index is 1.81. The number of nitrogens with two attached hydrogens (primary N) is 1. The summed E-state index contributed by atoms with van der Waals surface area (Å²) in [5.74, 6) is 5.86. The van der Waals surface area contributed by atoms with Gasteiger partial charge in [-0.2, -0.15) is 0 Å². The Morgan fingerprint density at radius 3 is 2.82 bits per heavy atom. The molecule has 2 aromatic rings. The van der Waals surface area contributed by atoms with Crippen molar-refractivity contribution < 1.29 is 4.74 Å². The molecule has 2 nitrogen and oxygen atoms in total.